The Morgan fingerprint density at radius 3 is 2.62 bits per heavy atom. The first-order valence-electron chi connectivity index (χ1n) is 11.8. The lowest BCUT2D eigenvalue weighted by Gasteiger charge is -2.40. The molecule has 2 amide bonds. The maximum atomic E-state index is 14.1. The monoisotopic (exact) mass is 466 g/mol. The number of carbonyl (C=O) groups is 3. The molecule has 0 aromatic rings. The van der Waals surface area contributed by atoms with Crippen LogP contribution >= 0.6 is 11.8 Å². The molecule has 7 atom stereocenters. The van der Waals surface area contributed by atoms with Gasteiger partial charge in [-0.25, -0.2) is 0 Å². The molecule has 3 aliphatic heterocycles. The van der Waals surface area contributed by atoms with E-state index in [9.17, 15) is 19.5 Å². The molecule has 3 rings (SSSR count). The van der Waals surface area contributed by atoms with E-state index in [0.717, 1.165) is 19.3 Å². The van der Waals surface area contributed by atoms with Crippen LogP contribution in [0.15, 0.2) is 12.7 Å². The van der Waals surface area contributed by atoms with E-state index >= 15 is 0 Å². The van der Waals surface area contributed by atoms with Gasteiger partial charge < -0.3 is 19.6 Å². The Labute approximate surface area is 195 Å². The number of esters is 1. The number of likely N-dealkylation sites (tertiary alicyclic amines) is 1. The van der Waals surface area contributed by atoms with Crippen LogP contribution < -0.4 is 0 Å². The highest BCUT2D eigenvalue weighted by molar-refractivity contribution is 8.02. The normalized spacial score (nSPS) is 34.9. The van der Waals surface area contributed by atoms with Gasteiger partial charge in [-0.05, 0) is 47.0 Å². The van der Waals surface area contributed by atoms with Gasteiger partial charge in [-0.2, -0.15) is 0 Å². The summed E-state index contributed by atoms with van der Waals surface area (Å²) in [4.78, 5) is 44.4. The molecule has 180 valence electrons. The summed E-state index contributed by atoms with van der Waals surface area (Å²) < 4.78 is 4.27. The van der Waals surface area contributed by atoms with Gasteiger partial charge in [0.2, 0.25) is 11.8 Å². The fraction of sp³-hybridized carbons (Fsp3) is 0.792. The minimum absolute atomic E-state index is 0.00220. The maximum absolute atomic E-state index is 14.1. The van der Waals surface area contributed by atoms with Crippen LogP contribution in [0.25, 0.3) is 0 Å². The Kier molecular flexibility index (Phi) is 7.35. The molecule has 0 aliphatic carbocycles. The van der Waals surface area contributed by atoms with Crippen molar-refractivity contribution in [1.29, 1.82) is 0 Å². The Morgan fingerprint density at radius 2 is 2.06 bits per heavy atom. The molecular formula is C24H38N2O5S. The van der Waals surface area contributed by atoms with Crippen molar-refractivity contribution in [3.63, 3.8) is 0 Å². The second-order valence-electron chi connectivity index (χ2n) is 9.67. The zero-order valence-corrected chi connectivity index (χ0v) is 20.8. The summed E-state index contributed by atoms with van der Waals surface area (Å²) in [5.41, 5.74) is 0. The minimum Gasteiger partial charge on any atom is -0.466 e. The molecule has 7 nitrogen and oxygen atoms in total. The van der Waals surface area contributed by atoms with Gasteiger partial charge in [0.15, 0.2) is 0 Å². The Morgan fingerprint density at radius 1 is 1.38 bits per heavy atom. The third-order valence-electron chi connectivity index (χ3n) is 7.58. The lowest BCUT2D eigenvalue weighted by molar-refractivity contribution is -0.155. The lowest BCUT2D eigenvalue weighted by atomic mass is 9.66. The zero-order chi connectivity index (χ0) is 23.8. The Bertz CT molecular complexity index is 775. The second kappa shape index (κ2) is 9.37. The van der Waals surface area contributed by atoms with Crippen molar-refractivity contribution in [2.75, 3.05) is 19.8 Å². The molecular weight excluding hydrogens is 428 g/mol. The van der Waals surface area contributed by atoms with Crippen LogP contribution in [0, 0.1) is 11.8 Å². The predicted octanol–water partition coefficient (Wildman–Crippen LogP) is 2.61. The number of fused-ring (bicyclic) bond motifs is 1. The summed E-state index contributed by atoms with van der Waals surface area (Å²) in [5, 5.41) is 9.95. The van der Waals surface area contributed by atoms with Gasteiger partial charge in [0.05, 0.1) is 35.8 Å². The number of nitrogens with zero attached hydrogens (tertiary/aromatic N) is 2. The van der Waals surface area contributed by atoms with E-state index in [2.05, 4.69) is 13.5 Å². The molecule has 3 heterocycles. The lowest BCUT2D eigenvalue weighted by Crippen LogP contribution is -2.58. The first-order valence-corrected chi connectivity index (χ1v) is 12.7. The molecule has 8 heteroatoms. The van der Waals surface area contributed by atoms with Crippen LogP contribution in [0.5, 0.6) is 0 Å². The zero-order valence-electron chi connectivity index (χ0n) is 20.0. The third kappa shape index (κ3) is 3.67. The standard InChI is InChI=1S/C24H38N2O5S/c1-7-10-15(4)25(13-8-2)21(29)19-24-12-11-23(6,32-24)18(22(30)31-9-3)17(24)20(28)26(19)16(5)14-27/h8,15-19,27H,2,7,9-14H2,1,3-6H3/t15?,16-,17+,18+,19?,23-,24?/m1/s1. The van der Waals surface area contributed by atoms with Gasteiger partial charge >= 0.3 is 5.97 Å². The number of hydrogen-bond donors (Lipinski definition) is 1. The van der Waals surface area contributed by atoms with E-state index in [1.54, 1.807) is 36.6 Å². The average Bonchev–Trinajstić information content (AvgIpc) is 3.32. The first-order chi connectivity index (χ1) is 15.1. The van der Waals surface area contributed by atoms with Gasteiger partial charge in [-0.3, -0.25) is 14.4 Å². The molecule has 32 heavy (non-hydrogen) atoms. The fourth-order valence-corrected chi connectivity index (χ4v) is 8.48. The minimum atomic E-state index is -0.715. The molecule has 3 aliphatic rings. The van der Waals surface area contributed by atoms with E-state index in [1.807, 2.05) is 18.7 Å². The molecule has 3 saturated heterocycles. The SMILES string of the molecule is C=CCN(C(=O)C1N([C@H](C)CO)C(=O)[C@@H]2[C@@H](C(=O)OCC)[C@@]3(C)CCC12S3)C(C)CCC. The van der Waals surface area contributed by atoms with E-state index in [0.29, 0.717) is 13.0 Å². The molecule has 0 radical (unpaired) electrons. The van der Waals surface area contributed by atoms with Crippen molar-refractivity contribution in [3.8, 4) is 0 Å². The number of thioether (sulfide) groups is 1. The Balaban J connectivity index is 2.09. The van der Waals surface area contributed by atoms with E-state index in [4.69, 9.17) is 4.74 Å². The van der Waals surface area contributed by atoms with Gasteiger partial charge in [0, 0.05) is 17.3 Å². The number of aliphatic hydroxyl groups is 1. The highest BCUT2D eigenvalue weighted by atomic mass is 32.2. The van der Waals surface area contributed by atoms with Gasteiger partial charge in [-0.1, -0.05) is 19.4 Å². The summed E-state index contributed by atoms with van der Waals surface area (Å²) in [6, 6.07) is -1.23. The molecule has 0 aromatic heterocycles. The summed E-state index contributed by atoms with van der Waals surface area (Å²) in [5.74, 6) is -1.86. The number of hydrogen-bond acceptors (Lipinski definition) is 6. The predicted molar refractivity (Wildman–Crippen MR) is 125 cm³/mol. The largest absolute Gasteiger partial charge is 0.466 e. The van der Waals surface area contributed by atoms with Crippen molar-refractivity contribution in [3.05, 3.63) is 12.7 Å². The van der Waals surface area contributed by atoms with Gasteiger partial charge in [-0.15, -0.1) is 18.3 Å². The summed E-state index contributed by atoms with van der Waals surface area (Å²) >= 11 is 1.63. The number of aliphatic hydroxyl groups excluding tert-OH is 1. The summed E-state index contributed by atoms with van der Waals surface area (Å²) in [6.07, 6.45) is 4.95. The van der Waals surface area contributed by atoms with Gasteiger partial charge in [0.25, 0.3) is 0 Å². The number of amides is 2. The van der Waals surface area contributed by atoms with Crippen LogP contribution in [0.1, 0.15) is 60.3 Å². The molecule has 1 spiro atoms. The number of rotatable bonds is 10. The topological polar surface area (TPSA) is 87.2 Å². The van der Waals surface area contributed by atoms with Crippen LogP contribution in [0.3, 0.4) is 0 Å². The number of ether oxygens (including phenoxy) is 1. The second-order valence-corrected chi connectivity index (χ2v) is 11.6. The first kappa shape index (κ1) is 25.1. The molecule has 0 saturated carbocycles. The van der Waals surface area contributed by atoms with Gasteiger partial charge in [0.1, 0.15) is 6.04 Å². The van der Waals surface area contributed by atoms with Crippen molar-refractivity contribution >= 4 is 29.5 Å². The molecule has 3 fully saturated rings. The van der Waals surface area contributed by atoms with E-state index < -0.39 is 33.4 Å². The van der Waals surface area contributed by atoms with Crippen molar-refractivity contribution in [2.24, 2.45) is 11.8 Å². The Hall–Kier alpha value is -1.54. The smallest absolute Gasteiger partial charge is 0.311 e. The van der Waals surface area contributed by atoms with E-state index in [-0.39, 0.29) is 37.0 Å². The maximum Gasteiger partial charge on any atom is 0.311 e. The highest BCUT2D eigenvalue weighted by Crippen LogP contribution is 2.71. The van der Waals surface area contributed by atoms with Crippen LogP contribution in [-0.2, 0) is 19.1 Å². The quantitative estimate of drug-likeness (QED) is 0.393. The fourth-order valence-electron chi connectivity index (χ4n) is 6.15. The summed E-state index contributed by atoms with van der Waals surface area (Å²) in [7, 11) is 0. The molecule has 0 aromatic carbocycles. The highest BCUT2D eigenvalue weighted by Gasteiger charge is 2.78. The van der Waals surface area contributed by atoms with Crippen molar-refractivity contribution in [2.45, 2.75) is 87.9 Å². The van der Waals surface area contributed by atoms with Crippen LogP contribution in [0.4, 0.5) is 0 Å². The van der Waals surface area contributed by atoms with Crippen LogP contribution in [-0.4, -0.2) is 80.1 Å². The van der Waals surface area contributed by atoms with E-state index in [1.165, 1.54) is 0 Å². The van der Waals surface area contributed by atoms with Crippen molar-refractivity contribution < 1.29 is 24.2 Å². The number of carbonyl (C=O) groups excluding carboxylic acids is 3. The average molecular weight is 467 g/mol. The third-order valence-corrected chi connectivity index (χ3v) is 9.56. The molecule has 2 bridgehead atoms. The summed E-state index contributed by atoms with van der Waals surface area (Å²) in [6.45, 7) is 13.9. The van der Waals surface area contributed by atoms with Crippen molar-refractivity contribution in [1.82, 2.24) is 9.80 Å². The molecule has 3 unspecified atom stereocenters. The molecule has 1 N–H and O–H groups in total. The van der Waals surface area contributed by atoms with Crippen LogP contribution in [0.2, 0.25) is 0 Å².